The Labute approximate surface area is 221 Å². The minimum absolute atomic E-state index is 0.0174. The van der Waals surface area contributed by atoms with Crippen molar-refractivity contribution in [2.45, 2.75) is 5.60 Å². The number of nitrogens with one attached hydrogen (secondary N) is 1. The van der Waals surface area contributed by atoms with Crippen LogP contribution in [0.1, 0.15) is 15.9 Å². The molecule has 2 aliphatic rings. The van der Waals surface area contributed by atoms with Crippen molar-refractivity contribution >= 4 is 17.7 Å². The average Bonchev–Trinajstić information content (AvgIpc) is 2.85. The fourth-order valence-electron chi connectivity index (χ4n) is 5.75. The van der Waals surface area contributed by atoms with Crippen molar-refractivity contribution in [2.24, 2.45) is 11.8 Å². The zero-order valence-corrected chi connectivity index (χ0v) is 20.8. The zero-order chi connectivity index (χ0) is 28.1. The molecule has 39 heavy (non-hydrogen) atoms. The van der Waals surface area contributed by atoms with Crippen molar-refractivity contribution in [3.63, 3.8) is 0 Å². The van der Waals surface area contributed by atoms with Crippen LogP contribution in [-0.4, -0.2) is 65.2 Å². The van der Waals surface area contributed by atoms with Crippen molar-refractivity contribution in [1.29, 1.82) is 0 Å². The first-order valence-electron chi connectivity index (χ1n) is 12.2. The van der Waals surface area contributed by atoms with Crippen molar-refractivity contribution in [3.05, 3.63) is 89.0 Å². The average molecular weight is 544 g/mol. The lowest BCUT2D eigenvalue weighted by atomic mass is 9.66. The van der Waals surface area contributed by atoms with Crippen LogP contribution in [0.2, 0.25) is 0 Å². The lowest BCUT2D eigenvalue weighted by Crippen LogP contribution is -2.65. The van der Waals surface area contributed by atoms with E-state index in [1.165, 1.54) is 17.0 Å². The van der Waals surface area contributed by atoms with Gasteiger partial charge in [-0.2, -0.15) is 0 Å². The van der Waals surface area contributed by atoms with E-state index in [2.05, 4.69) is 10.2 Å². The van der Waals surface area contributed by atoms with E-state index >= 15 is 0 Å². The van der Waals surface area contributed by atoms with Gasteiger partial charge in [0.05, 0.1) is 5.56 Å². The molecule has 2 heterocycles. The summed E-state index contributed by atoms with van der Waals surface area (Å²) in [6.07, 6.45) is 0. The van der Waals surface area contributed by atoms with Gasteiger partial charge in [-0.3, -0.25) is 0 Å². The second-order valence-electron chi connectivity index (χ2n) is 10.1. The van der Waals surface area contributed by atoms with E-state index in [1.54, 1.807) is 12.1 Å². The van der Waals surface area contributed by atoms with Gasteiger partial charge in [0.1, 0.15) is 28.9 Å². The number of hydrogen-bond acceptors (Lipinski definition) is 4. The van der Waals surface area contributed by atoms with Crippen LogP contribution in [0.4, 0.5) is 28.0 Å². The molecule has 0 radical (unpaired) electrons. The van der Waals surface area contributed by atoms with Gasteiger partial charge in [-0.05, 0) is 42.4 Å². The summed E-state index contributed by atoms with van der Waals surface area (Å²) < 4.78 is 55.9. The summed E-state index contributed by atoms with van der Waals surface area (Å²) in [7, 11) is 1.91. The van der Waals surface area contributed by atoms with Crippen LogP contribution >= 0.6 is 0 Å². The third-order valence-corrected chi connectivity index (χ3v) is 7.54. The molecule has 0 aromatic heterocycles. The Balaban J connectivity index is 1.39. The molecule has 3 N–H and O–H groups in total. The summed E-state index contributed by atoms with van der Waals surface area (Å²) in [5, 5.41) is 23.5. The number of halogens is 4. The number of carboxylic acid groups (broad SMARTS) is 1. The van der Waals surface area contributed by atoms with Gasteiger partial charge >= 0.3 is 12.0 Å². The molecule has 0 aliphatic carbocycles. The maximum absolute atomic E-state index is 14.6. The minimum atomic E-state index is -1.57. The predicted octanol–water partition coefficient (Wildman–Crippen LogP) is 4.52. The number of carboxylic acids is 1. The van der Waals surface area contributed by atoms with Gasteiger partial charge in [0, 0.05) is 55.3 Å². The van der Waals surface area contributed by atoms with E-state index in [4.69, 9.17) is 5.11 Å². The summed E-state index contributed by atoms with van der Waals surface area (Å²) in [5.74, 6) is -6.00. The molecule has 2 amide bonds. The summed E-state index contributed by atoms with van der Waals surface area (Å²) in [5.41, 5.74) is -1.38. The number of benzene rings is 3. The molecular weight excluding hydrogens is 518 g/mol. The number of nitrogens with zero attached hydrogens (tertiary/aromatic N) is 2. The highest BCUT2D eigenvalue weighted by atomic mass is 19.1. The van der Waals surface area contributed by atoms with Crippen LogP contribution in [0.3, 0.4) is 0 Å². The largest absolute Gasteiger partial charge is 0.478 e. The Morgan fingerprint density at radius 3 is 2.03 bits per heavy atom. The monoisotopic (exact) mass is 543 g/mol. The molecule has 2 saturated heterocycles. The topological polar surface area (TPSA) is 93.1 Å². The van der Waals surface area contributed by atoms with Gasteiger partial charge in [-0.1, -0.05) is 24.3 Å². The molecule has 2 bridgehead atoms. The molecule has 0 spiro atoms. The number of hydrogen-bond donors (Lipinski definition) is 3. The number of piperidine rings is 2. The van der Waals surface area contributed by atoms with Crippen molar-refractivity contribution in [1.82, 2.24) is 9.80 Å². The van der Waals surface area contributed by atoms with Crippen molar-refractivity contribution < 1.29 is 37.4 Å². The molecular formula is C28H25F4N3O4. The highest BCUT2D eigenvalue weighted by molar-refractivity contribution is 5.90. The highest BCUT2D eigenvalue weighted by Gasteiger charge is 2.53. The zero-order valence-electron chi connectivity index (χ0n) is 20.8. The Morgan fingerprint density at radius 2 is 1.46 bits per heavy atom. The van der Waals surface area contributed by atoms with Gasteiger partial charge in [0.15, 0.2) is 0 Å². The summed E-state index contributed by atoms with van der Waals surface area (Å²) in [4.78, 5) is 27.6. The maximum atomic E-state index is 14.6. The summed E-state index contributed by atoms with van der Waals surface area (Å²) in [6, 6.07) is 9.95. The normalized spacial score (nSPS) is 23.0. The SMILES string of the molecule is CN1CC2CN(C(=O)Nc3cc(F)cc(F)c3)CC(C1)C2(O)c1ccc(-c2cc(F)c(C(=O)O)cc2F)cc1. The number of rotatable bonds is 4. The van der Waals surface area contributed by atoms with E-state index < -0.39 is 58.3 Å². The number of likely N-dealkylation sites (tertiary alicyclic amines) is 2. The van der Waals surface area contributed by atoms with Crippen LogP contribution in [0, 0.1) is 35.1 Å². The molecule has 2 fully saturated rings. The summed E-state index contributed by atoms with van der Waals surface area (Å²) in [6.45, 7) is 1.26. The molecule has 7 nitrogen and oxygen atoms in total. The van der Waals surface area contributed by atoms with E-state index in [0.29, 0.717) is 36.3 Å². The lowest BCUT2D eigenvalue weighted by Gasteiger charge is -2.55. The molecule has 204 valence electrons. The number of aliphatic hydroxyl groups is 1. The van der Waals surface area contributed by atoms with E-state index in [9.17, 15) is 32.3 Å². The van der Waals surface area contributed by atoms with Gasteiger partial charge in [0.25, 0.3) is 0 Å². The number of amides is 2. The second kappa shape index (κ2) is 9.97. The van der Waals surface area contributed by atoms with Gasteiger partial charge in [-0.25, -0.2) is 27.2 Å². The minimum Gasteiger partial charge on any atom is -0.478 e. The number of urea groups is 1. The second-order valence-corrected chi connectivity index (χ2v) is 10.1. The fraction of sp³-hybridized carbons (Fsp3) is 0.286. The number of carbonyl (C=O) groups excluding carboxylic acids is 1. The Kier molecular flexibility index (Phi) is 6.81. The Hall–Kier alpha value is -3.96. The molecule has 2 atom stereocenters. The quantitative estimate of drug-likeness (QED) is 0.421. The lowest BCUT2D eigenvalue weighted by molar-refractivity contribution is -0.153. The third kappa shape index (κ3) is 4.95. The van der Waals surface area contributed by atoms with Crippen LogP contribution < -0.4 is 5.32 Å². The van der Waals surface area contributed by atoms with E-state index in [-0.39, 0.29) is 24.3 Å². The molecule has 3 aromatic rings. The smallest absolute Gasteiger partial charge is 0.338 e. The number of carbonyl (C=O) groups is 2. The molecule has 2 aliphatic heterocycles. The molecule has 3 aromatic carbocycles. The molecule has 0 saturated carbocycles. The first-order valence-corrected chi connectivity index (χ1v) is 12.2. The standard InChI is InChI=1S/C28H25F4N3O4/c1-34-11-17-13-35(27(38)33-21-7-19(29)6-20(30)8-21)14-18(12-34)28(17,39)16-4-2-15(3-5-16)22-9-25(32)23(26(36)37)10-24(22)31/h2-10,17-18,39H,11-14H2,1H3,(H,33,38)(H,36,37). The Morgan fingerprint density at radius 1 is 0.872 bits per heavy atom. The highest BCUT2D eigenvalue weighted by Crippen LogP contribution is 2.45. The maximum Gasteiger partial charge on any atom is 0.338 e. The molecule has 5 rings (SSSR count). The molecule has 2 unspecified atom stereocenters. The number of fused-ring (bicyclic) bond motifs is 2. The van der Waals surface area contributed by atoms with Gasteiger partial charge in [-0.15, -0.1) is 0 Å². The first kappa shape index (κ1) is 26.6. The van der Waals surface area contributed by atoms with Crippen LogP contribution in [-0.2, 0) is 5.60 Å². The van der Waals surface area contributed by atoms with Crippen molar-refractivity contribution in [2.75, 3.05) is 38.5 Å². The fourth-order valence-corrected chi connectivity index (χ4v) is 5.75. The van der Waals surface area contributed by atoms with Crippen LogP contribution in [0.15, 0.2) is 54.6 Å². The Bertz CT molecular complexity index is 1410. The van der Waals surface area contributed by atoms with Gasteiger partial charge < -0.3 is 25.3 Å². The number of anilines is 1. The first-order chi connectivity index (χ1) is 18.4. The van der Waals surface area contributed by atoms with E-state index in [1.807, 2.05) is 7.05 Å². The van der Waals surface area contributed by atoms with Crippen molar-refractivity contribution in [3.8, 4) is 11.1 Å². The van der Waals surface area contributed by atoms with Crippen LogP contribution in [0.5, 0.6) is 0 Å². The van der Waals surface area contributed by atoms with E-state index in [0.717, 1.165) is 18.2 Å². The van der Waals surface area contributed by atoms with Gasteiger partial charge in [0.2, 0.25) is 0 Å². The summed E-state index contributed by atoms with van der Waals surface area (Å²) >= 11 is 0. The molecule has 11 heteroatoms. The number of aromatic carboxylic acids is 1. The third-order valence-electron chi connectivity index (χ3n) is 7.54. The van der Waals surface area contributed by atoms with Crippen LogP contribution in [0.25, 0.3) is 11.1 Å². The predicted molar refractivity (Wildman–Crippen MR) is 134 cm³/mol.